The van der Waals surface area contributed by atoms with Gasteiger partial charge in [-0.1, -0.05) is 24.1 Å². The number of nitrogens with one attached hydrogen (secondary N) is 3. The van der Waals surface area contributed by atoms with Crippen molar-refractivity contribution in [2.24, 2.45) is 0 Å². The van der Waals surface area contributed by atoms with Gasteiger partial charge in [-0.3, -0.25) is 4.79 Å². The molecule has 1 fully saturated rings. The molecule has 3 aromatic rings. The van der Waals surface area contributed by atoms with Crippen molar-refractivity contribution >= 4 is 29.0 Å². The van der Waals surface area contributed by atoms with E-state index in [9.17, 15) is 9.18 Å². The van der Waals surface area contributed by atoms with Crippen molar-refractivity contribution in [1.29, 1.82) is 0 Å². The van der Waals surface area contributed by atoms with Gasteiger partial charge in [0.2, 0.25) is 0 Å². The molecule has 0 aliphatic carbocycles. The van der Waals surface area contributed by atoms with Crippen LogP contribution in [0.2, 0.25) is 0 Å². The Kier molecular flexibility index (Phi) is 8.31. The second kappa shape index (κ2) is 11.8. The summed E-state index contributed by atoms with van der Waals surface area (Å²) in [6.07, 6.45) is 3.71. The smallest absolute Gasteiger partial charge is 0.251 e. The van der Waals surface area contributed by atoms with Gasteiger partial charge in [-0.2, -0.15) is 5.10 Å². The lowest BCUT2D eigenvalue weighted by atomic mass is 10.0. The lowest BCUT2D eigenvalue weighted by Gasteiger charge is -2.33. The van der Waals surface area contributed by atoms with E-state index in [2.05, 4.69) is 27.8 Å². The number of benzene rings is 1. The fourth-order valence-electron chi connectivity index (χ4n) is 4.42. The quantitative estimate of drug-likeness (QED) is 0.426. The molecule has 2 aromatic heterocycles. The van der Waals surface area contributed by atoms with Gasteiger partial charge in [0.25, 0.3) is 5.91 Å². The average molecular weight is 505 g/mol. The molecule has 3 heterocycles. The summed E-state index contributed by atoms with van der Waals surface area (Å²) in [4.78, 5) is 13.9. The Morgan fingerprint density at radius 3 is 2.89 bits per heavy atom. The molecule has 1 aliphatic rings. The first-order chi connectivity index (χ1) is 17.9. The van der Waals surface area contributed by atoms with Crippen molar-refractivity contribution in [3.8, 4) is 17.6 Å². The Labute approximate surface area is 216 Å². The molecule has 0 saturated carbocycles. The molecule has 3 N–H and O–H groups in total. The Balaban J connectivity index is 1.55. The minimum Gasteiger partial charge on any atom is -0.495 e. The fraction of sp³-hybridized carbons (Fsp3) is 0.357. The highest BCUT2D eigenvalue weighted by Crippen LogP contribution is 2.26. The molecule has 1 aliphatic heterocycles. The third kappa shape index (κ3) is 5.87. The molecule has 1 aromatic carbocycles. The highest BCUT2D eigenvalue weighted by atomic mass is 19.1. The molecule has 9 heteroatoms. The highest BCUT2D eigenvalue weighted by Gasteiger charge is 2.28. The molecular weight excluding hydrogens is 471 g/mol. The van der Waals surface area contributed by atoms with Crippen LogP contribution in [0.15, 0.2) is 42.5 Å². The van der Waals surface area contributed by atoms with Gasteiger partial charge in [0.05, 0.1) is 30.9 Å². The minimum atomic E-state index is -0.952. The van der Waals surface area contributed by atoms with E-state index in [-0.39, 0.29) is 11.9 Å². The standard InChI is InChI=1S/C28H33FN6O2/c1-5-8-20-22(9-7-15-31-24-13-12-19(28(36)30-2)17-26(24)37-4)33-35-25(20)10-6-11-27(35)32-23-14-16-34(3)18-21(23)29/h5-6,8,10-13,17,21,23,31-32H,14-16,18H2,1-4H3,(H,30,36)/b8-5+/t21-,23+/m0/s1. The number of piperidine rings is 1. The number of amides is 1. The summed E-state index contributed by atoms with van der Waals surface area (Å²) in [6, 6.07) is 10.8. The van der Waals surface area contributed by atoms with Gasteiger partial charge in [-0.05, 0) is 56.6 Å². The Morgan fingerprint density at radius 1 is 1.32 bits per heavy atom. The normalized spacial score (nSPS) is 17.9. The second-order valence-corrected chi connectivity index (χ2v) is 8.94. The van der Waals surface area contributed by atoms with Gasteiger partial charge in [-0.15, -0.1) is 0 Å². The number of carbonyl (C=O) groups excluding carboxylic acids is 1. The van der Waals surface area contributed by atoms with Crippen molar-refractivity contribution in [1.82, 2.24) is 19.8 Å². The maximum atomic E-state index is 14.7. The first-order valence-electron chi connectivity index (χ1n) is 12.3. The Bertz CT molecular complexity index is 1360. The van der Waals surface area contributed by atoms with Gasteiger partial charge in [0, 0.05) is 31.3 Å². The van der Waals surface area contributed by atoms with Crippen LogP contribution in [0, 0.1) is 11.8 Å². The number of anilines is 2. The highest BCUT2D eigenvalue weighted by molar-refractivity contribution is 5.95. The van der Waals surface area contributed by atoms with E-state index in [1.807, 2.05) is 49.2 Å². The monoisotopic (exact) mass is 504 g/mol. The van der Waals surface area contributed by atoms with Gasteiger partial charge in [0.1, 0.15) is 23.4 Å². The number of hydrogen-bond acceptors (Lipinski definition) is 6. The van der Waals surface area contributed by atoms with Gasteiger partial charge >= 0.3 is 0 Å². The van der Waals surface area contributed by atoms with Crippen molar-refractivity contribution in [3.63, 3.8) is 0 Å². The van der Waals surface area contributed by atoms with E-state index < -0.39 is 6.17 Å². The van der Waals surface area contributed by atoms with E-state index >= 15 is 0 Å². The Hall–Kier alpha value is -4.03. The van der Waals surface area contributed by atoms with E-state index in [0.717, 1.165) is 35.6 Å². The van der Waals surface area contributed by atoms with E-state index in [1.54, 1.807) is 36.9 Å². The largest absolute Gasteiger partial charge is 0.495 e. The number of fused-ring (bicyclic) bond motifs is 1. The number of carbonyl (C=O) groups is 1. The molecule has 1 amide bonds. The maximum Gasteiger partial charge on any atom is 0.251 e. The lowest BCUT2D eigenvalue weighted by molar-refractivity contribution is 0.0962. The third-order valence-corrected chi connectivity index (χ3v) is 6.37. The van der Waals surface area contributed by atoms with Crippen LogP contribution in [0.1, 0.15) is 35.0 Å². The van der Waals surface area contributed by atoms with Gasteiger partial charge in [-0.25, -0.2) is 8.91 Å². The number of allylic oxidation sites excluding steroid dienone is 1. The predicted molar refractivity (Wildman–Crippen MR) is 146 cm³/mol. The summed E-state index contributed by atoms with van der Waals surface area (Å²) in [7, 11) is 5.09. The molecule has 2 atom stereocenters. The van der Waals surface area contributed by atoms with Gasteiger partial charge in [0.15, 0.2) is 0 Å². The summed E-state index contributed by atoms with van der Waals surface area (Å²) in [5.74, 6) is 7.42. The number of halogens is 1. The van der Waals surface area contributed by atoms with Crippen molar-refractivity contribution in [3.05, 3.63) is 59.3 Å². The molecule has 1 saturated heterocycles. The van der Waals surface area contributed by atoms with Crippen molar-refractivity contribution in [2.45, 2.75) is 25.6 Å². The number of likely N-dealkylation sites (tertiary alicyclic amines) is 1. The number of aromatic nitrogens is 2. The van der Waals surface area contributed by atoms with Crippen LogP contribution in [0.4, 0.5) is 15.9 Å². The number of hydrogen-bond donors (Lipinski definition) is 3. The SMILES string of the molecule is C/C=C/c1c(C#CCNc2ccc(C(=O)NC)cc2OC)nn2c(N[C@@H]3CCN(C)C[C@@H]3F)cccc12. The van der Waals surface area contributed by atoms with E-state index in [4.69, 9.17) is 9.84 Å². The number of nitrogens with zero attached hydrogens (tertiary/aromatic N) is 3. The third-order valence-electron chi connectivity index (χ3n) is 6.37. The fourth-order valence-corrected chi connectivity index (χ4v) is 4.42. The van der Waals surface area contributed by atoms with Crippen molar-refractivity contribution < 1.29 is 13.9 Å². The molecule has 37 heavy (non-hydrogen) atoms. The van der Waals surface area contributed by atoms with Crippen LogP contribution in [-0.2, 0) is 0 Å². The van der Waals surface area contributed by atoms with Crippen LogP contribution >= 0.6 is 0 Å². The molecule has 0 bridgehead atoms. The molecule has 8 nitrogen and oxygen atoms in total. The first kappa shape index (κ1) is 26.0. The Morgan fingerprint density at radius 2 is 2.16 bits per heavy atom. The zero-order chi connectivity index (χ0) is 26.4. The summed E-state index contributed by atoms with van der Waals surface area (Å²) in [5.41, 5.74) is 3.69. The number of alkyl halides is 1. The molecule has 0 radical (unpaired) electrons. The number of ether oxygens (including phenoxy) is 1. The van der Waals surface area contributed by atoms with Crippen LogP contribution in [-0.4, -0.2) is 73.5 Å². The molecule has 0 spiro atoms. The molecule has 0 unspecified atom stereocenters. The maximum absolute atomic E-state index is 14.7. The van der Waals surface area contributed by atoms with E-state index in [1.165, 1.54) is 0 Å². The zero-order valence-electron chi connectivity index (χ0n) is 21.6. The van der Waals surface area contributed by atoms with E-state index in [0.29, 0.717) is 30.1 Å². The van der Waals surface area contributed by atoms with Crippen LogP contribution < -0.4 is 20.7 Å². The van der Waals surface area contributed by atoms with Crippen molar-refractivity contribution in [2.75, 3.05) is 51.5 Å². The average Bonchev–Trinajstić information content (AvgIpc) is 3.26. The van der Waals surface area contributed by atoms with Crippen LogP contribution in [0.5, 0.6) is 5.75 Å². The number of methoxy groups -OCH3 is 1. The first-order valence-corrected chi connectivity index (χ1v) is 12.3. The van der Waals surface area contributed by atoms with Crippen LogP contribution in [0.25, 0.3) is 11.6 Å². The second-order valence-electron chi connectivity index (χ2n) is 8.94. The molecular formula is C28H33FN6O2. The zero-order valence-corrected chi connectivity index (χ0v) is 21.6. The number of rotatable bonds is 7. The summed E-state index contributed by atoms with van der Waals surface area (Å²) in [6.45, 7) is 3.56. The predicted octanol–water partition coefficient (Wildman–Crippen LogP) is 3.65. The van der Waals surface area contributed by atoms with Crippen LogP contribution in [0.3, 0.4) is 0 Å². The molecule has 4 rings (SSSR count). The van der Waals surface area contributed by atoms with Gasteiger partial charge < -0.3 is 25.6 Å². The summed E-state index contributed by atoms with van der Waals surface area (Å²) >= 11 is 0. The lowest BCUT2D eigenvalue weighted by Crippen LogP contribution is -2.46. The minimum absolute atomic E-state index is 0.181. The number of pyridine rings is 1. The summed E-state index contributed by atoms with van der Waals surface area (Å²) in [5, 5.41) is 14.0. The summed E-state index contributed by atoms with van der Waals surface area (Å²) < 4.78 is 21.9. The molecule has 194 valence electrons. The topological polar surface area (TPSA) is 82.9 Å².